The Morgan fingerprint density at radius 2 is 2.00 bits per heavy atom. The summed E-state index contributed by atoms with van der Waals surface area (Å²) in [5.41, 5.74) is 2.23. The van der Waals surface area contributed by atoms with Gasteiger partial charge < -0.3 is 0 Å². The first kappa shape index (κ1) is 15.0. The summed E-state index contributed by atoms with van der Waals surface area (Å²) in [6.07, 6.45) is 6.15. The summed E-state index contributed by atoms with van der Waals surface area (Å²) in [7, 11) is 5.28. The van der Waals surface area contributed by atoms with E-state index >= 15 is 0 Å². The van der Waals surface area contributed by atoms with E-state index < -0.39 is 0 Å². The monoisotopic (exact) mass is 348 g/mol. The van der Waals surface area contributed by atoms with Crippen LogP contribution in [-0.4, -0.2) is 15.7 Å². The number of fused-ring (bicyclic) bond motifs is 1. The van der Waals surface area contributed by atoms with Crippen LogP contribution in [0.1, 0.15) is 5.56 Å². The fourth-order valence-corrected chi connectivity index (χ4v) is 6.49. The quantitative estimate of drug-likeness (QED) is 0.415. The SMILES string of the molecule is C(=C\c1ccccc1)/CSSSc1nc2cccnc2s1. The fourth-order valence-electron chi connectivity index (χ4n) is 1.65. The molecular formula is C15H12N2S4. The van der Waals surface area contributed by atoms with Crippen molar-refractivity contribution in [1.29, 1.82) is 0 Å². The highest BCUT2D eigenvalue weighted by atomic mass is 33.5. The maximum atomic E-state index is 4.54. The van der Waals surface area contributed by atoms with Crippen molar-refractivity contribution in [3.63, 3.8) is 0 Å². The third kappa shape index (κ3) is 4.51. The molecule has 0 fully saturated rings. The third-order valence-electron chi connectivity index (χ3n) is 2.57. The smallest absolute Gasteiger partial charge is 0.164 e. The Bertz CT molecular complexity index is 692. The molecule has 1 aromatic carbocycles. The number of rotatable bonds is 6. The molecule has 6 heteroatoms. The van der Waals surface area contributed by atoms with Gasteiger partial charge in [0.05, 0.1) is 0 Å². The highest BCUT2D eigenvalue weighted by Gasteiger charge is 2.04. The second kappa shape index (κ2) is 7.89. The van der Waals surface area contributed by atoms with Crippen LogP contribution < -0.4 is 0 Å². The van der Waals surface area contributed by atoms with Crippen molar-refractivity contribution in [2.45, 2.75) is 4.34 Å². The normalized spacial score (nSPS) is 11.4. The van der Waals surface area contributed by atoms with Gasteiger partial charge in [0, 0.05) is 11.9 Å². The summed E-state index contributed by atoms with van der Waals surface area (Å²) in [6.45, 7) is 0. The lowest BCUT2D eigenvalue weighted by Gasteiger charge is -1.94. The molecule has 21 heavy (non-hydrogen) atoms. The minimum absolute atomic E-state index is 0.982. The molecule has 3 rings (SSSR count). The largest absolute Gasteiger partial charge is 0.244 e. The summed E-state index contributed by atoms with van der Waals surface area (Å²) < 4.78 is 1.06. The first-order chi connectivity index (χ1) is 10.4. The molecule has 0 N–H and O–H groups in total. The lowest BCUT2D eigenvalue weighted by atomic mass is 10.2. The molecule has 0 aliphatic rings. The van der Waals surface area contributed by atoms with E-state index in [1.54, 1.807) is 32.0 Å². The van der Waals surface area contributed by atoms with Crippen molar-refractivity contribution in [2.75, 3.05) is 5.75 Å². The van der Waals surface area contributed by atoms with Crippen LogP contribution in [-0.2, 0) is 0 Å². The second-order valence-corrected chi connectivity index (χ2v) is 9.39. The average Bonchev–Trinajstić information content (AvgIpc) is 2.94. The molecule has 2 heterocycles. The van der Waals surface area contributed by atoms with Gasteiger partial charge in [-0.2, -0.15) is 0 Å². The Balaban J connectivity index is 1.43. The fraction of sp³-hybridized carbons (Fsp3) is 0.0667. The van der Waals surface area contributed by atoms with Crippen LogP contribution in [0.25, 0.3) is 16.4 Å². The molecule has 0 aliphatic carbocycles. The van der Waals surface area contributed by atoms with Crippen LogP contribution in [0.5, 0.6) is 0 Å². The molecule has 0 radical (unpaired) electrons. The molecule has 0 saturated carbocycles. The Morgan fingerprint density at radius 3 is 2.86 bits per heavy atom. The van der Waals surface area contributed by atoms with Crippen molar-refractivity contribution < 1.29 is 0 Å². The summed E-state index contributed by atoms with van der Waals surface area (Å²) >= 11 is 1.65. The van der Waals surface area contributed by atoms with Gasteiger partial charge in [0.1, 0.15) is 10.3 Å². The number of hydrogen-bond donors (Lipinski definition) is 0. The van der Waals surface area contributed by atoms with E-state index in [9.17, 15) is 0 Å². The van der Waals surface area contributed by atoms with E-state index in [1.807, 2.05) is 35.2 Å². The lowest BCUT2D eigenvalue weighted by Crippen LogP contribution is -1.70. The second-order valence-electron chi connectivity index (χ2n) is 4.06. The first-order valence-corrected chi connectivity index (χ1v) is 10.8. The minimum atomic E-state index is 0.982. The summed E-state index contributed by atoms with van der Waals surface area (Å²) in [5, 5.41) is 0. The van der Waals surface area contributed by atoms with Crippen LogP contribution in [0.3, 0.4) is 0 Å². The van der Waals surface area contributed by atoms with Crippen LogP contribution in [0.15, 0.2) is 59.1 Å². The molecule has 0 atom stereocenters. The minimum Gasteiger partial charge on any atom is -0.244 e. The Kier molecular flexibility index (Phi) is 5.62. The maximum Gasteiger partial charge on any atom is 0.164 e. The molecule has 3 aromatic rings. The zero-order valence-electron chi connectivity index (χ0n) is 11.0. The van der Waals surface area contributed by atoms with Gasteiger partial charge in [-0.3, -0.25) is 0 Å². The van der Waals surface area contributed by atoms with E-state index in [-0.39, 0.29) is 0 Å². The average molecular weight is 349 g/mol. The van der Waals surface area contributed by atoms with Gasteiger partial charge in [0.2, 0.25) is 0 Å². The predicted molar refractivity (Wildman–Crippen MR) is 98.8 cm³/mol. The van der Waals surface area contributed by atoms with Crippen molar-refractivity contribution in [3.8, 4) is 0 Å². The summed E-state index contributed by atoms with van der Waals surface area (Å²) in [5.74, 6) is 0.982. The Labute approximate surface area is 139 Å². The Hall–Kier alpha value is -0.950. The van der Waals surface area contributed by atoms with Gasteiger partial charge in [0.15, 0.2) is 4.34 Å². The summed E-state index contributed by atoms with van der Waals surface area (Å²) in [4.78, 5) is 9.86. The zero-order valence-corrected chi connectivity index (χ0v) is 14.3. The van der Waals surface area contributed by atoms with Gasteiger partial charge in [-0.25, -0.2) is 9.97 Å². The Morgan fingerprint density at radius 1 is 1.10 bits per heavy atom. The molecule has 0 bridgehead atoms. The van der Waals surface area contributed by atoms with Crippen LogP contribution >= 0.6 is 42.8 Å². The molecule has 2 nitrogen and oxygen atoms in total. The van der Waals surface area contributed by atoms with E-state index in [4.69, 9.17) is 0 Å². The predicted octanol–water partition coefficient (Wildman–Crippen LogP) is 5.79. The van der Waals surface area contributed by atoms with E-state index in [0.717, 1.165) is 20.4 Å². The number of hydrogen-bond acceptors (Lipinski definition) is 6. The van der Waals surface area contributed by atoms with Crippen molar-refractivity contribution >= 4 is 59.2 Å². The van der Waals surface area contributed by atoms with Crippen molar-refractivity contribution in [2.24, 2.45) is 0 Å². The van der Waals surface area contributed by atoms with Crippen molar-refractivity contribution in [3.05, 3.63) is 60.3 Å². The molecule has 2 aromatic heterocycles. The van der Waals surface area contributed by atoms with Crippen LogP contribution in [0.4, 0.5) is 0 Å². The number of nitrogens with zero attached hydrogens (tertiary/aromatic N) is 2. The van der Waals surface area contributed by atoms with Crippen LogP contribution in [0.2, 0.25) is 0 Å². The molecule has 106 valence electrons. The lowest BCUT2D eigenvalue weighted by molar-refractivity contribution is 1.30. The van der Waals surface area contributed by atoms with E-state index in [2.05, 4.69) is 46.4 Å². The molecule has 0 saturated heterocycles. The van der Waals surface area contributed by atoms with Gasteiger partial charge in [0.25, 0.3) is 0 Å². The molecule has 0 aliphatic heterocycles. The number of benzene rings is 1. The van der Waals surface area contributed by atoms with Gasteiger partial charge in [-0.05, 0) is 38.3 Å². The van der Waals surface area contributed by atoms with Gasteiger partial charge in [-0.15, -0.1) is 0 Å². The van der Waals surface area contributed by atoms with Crippen LogP contribution in [0, 0.1) is 0 Å². The molecule has 0 spiro atoms. The van der Waals surface area contributed by atoms with E-state index in [0.29, 0.717) is 0 Å². The number of aromatic nitrogens is 2. The molecule has 0 unspecified atom stereocenters. The number of pyridine rings is 1. The topological polar surface area (TPSA) is 25.8 Å². The number of thiazole rings is 1. The van der Waals surface area contributed by atoms with E-state index in [1.165, 1.54) is 5.56 Å². The third-order valence-corrected chi connectivity index (χ3v) is 7.74. The zero-order chi connectivity index (χ0) is 14.3. The highest BCUT2D eigenvalue weighted by molar-refractivity contribution is 9.09. The van der Waals surface area contributed by atoms with Crippen molar-refractivity contribution in [1.82, 2.24) is 9.97 Å². The molecule has 0 amide bonds. The maximum absolute atomic E-state index is 4.54. The standard InChI is InChI=1S/C15H12N2S4/c1-2-6-12(7-3-1)8-5-11-18-21-20-15-17-13-9-4-10-16-14(13)19-15/h1-10H,11H2/b8-5+. The van der Waals surface area contributed by atoms with Gasteiger partial charge in [-0.1, -0.05) is 64.6 Å². The summed E-state index contributed by atoms with van der Waals surface area (Å²) in [6, 6.07) is 14.3. The highest BCUT2D eigenvalue weighted by Crippen LogP contribution is 2.42. The first-order valence-electron chi connectivity index (χ1n) is 6.31. The van der Waals surface area contributed by atoms with Gasteiger partial charge >= 0.3 is 0 Å². The molecular weight excluding hydrogens is 336 g/mol.